The van der Waals surface area contributed by atoms with Gasteiger partial charge in [0.2, 0.25) is 0 Å². The molecule has 2 unspecified atom stereocenters. The third kappa shape index (κ3) is 3.84. The number of amides is 1. The van der Waals surface area contributed by atoms with Gasteiger partial charge in [0, 0.05) is 17.7 Å². The summed E-state index contributed by atoms with van der Waals surface area (Å²) in [6.45, 7) is 4.99. The Bertz CT molecular complexity index is 566. The van der Waals surface area contributed by atoms with Gasteiger partial charge in [-0.05, 0) is 44.4 Å². The first kappa shape index (κ1) is 15.6. The first-order chi connectivity index (χ1) is 10.1. The molecule has 2 rings (SSSR count). The highest BCUT2D eigenvalue weighted by molar-refractivity contribution is 5.96. The lowest BCUT2D eigenvalue weighted by atomic mass is 10.0. The van der Waals surface area contributed by atoms with Gasteiger partial charge >= 0.3 is 0 Å². The Morgan fingerprint density at radius 2 is 2.38 bits per heavy atom. The van der Waals surface area contributed by atoms with E-state index in [1.807, 2.05) is 32.0 Å². The highest BCUT2D eigenvalue weighted by atomic mass is 16.5. The average Bonchev–Trinajstić information content (AvgIpc) is 3.00. The maximum atomic E-state index is 12.4. The minimum atomic E-state index is -0.0769. The average molecular weight is 286 g/mol. The Labute approximate surface area is 126 Å². The molecule has 0 radical (unpaired) electrons. The van der Waals surface area contributed by atoms with E-state index in [1.165, 1.54) is 0 Å². The van der Waals surface area contributed by atoms with Gasteiger partial charge in [-0.15, -0.1) is 0 Å². The molecule has 2 atom stereocenters. The highest BCUT2D eigenvalue weighted by Gasteiger charge is 2.24. The van der Waals surface area contributed by atoms with Gasteiger partial charge in [-0.3, -0.25) is 4.79 Å². The molecule has 21 heavy (non-hydrogen) atoms. The van der Waals surface area contributed by atoms with Crippen LogP contribution in [0.25, 0.3) is 0 Å². The molecule has 4 nitrogen and oxygen atoms in total. The number of carbonyl (C=O) groups is 1. The number of benzene rings is 1. The van der Waals surface area contributed by atoms with E-state index in [0.717, 1.165) is 30.6 Å². The number of hydrogen-bond acceptors (Lipinski definition) is 3. The van der Waals surface area contributed by atoms with Crippen LogP contribution in [0.2, 0.25) is 0 Å². The van der Waals surface area contributed by atoms with Crippen molar-refractivity contribution in [2.75, 3.05) is 13.2 Å². The second kappa shape index (κ2) is 7.26. The molecular weight excluding hydrogens is 264 g/mol. The van der Waals surface area contributed by atoms with Crippen LogP contribution in [0.1, 0.15) is 41.3 Å². The molecule has 1 heterocycles. The molecule has 1 saturated heterocycles. The zero-order chi connectivity index (χ0) is 15.2. The Hall–Kier alpha value is -1.83. The lowest BCUT2D eigenvalue weighted by Gasteiger charge is -2.20. The Morgan fingerprint density at radius 1 is 1.57 bits per heavy atom. The minimum absolute atomic E-state index is 0.0122. The Kier molecular flexibility index (Phi) is 5.38. The molecule has 1 fully saturated rings. The fourth-order valence-corrected chi connectivity index (χ4v) is 2.54. The van der Waals surface area contributed by atoms with E-state index < -0.39 is 0 Å². The van der Waals surface area contributed by atoms with Crippen LogP contribution in [0, 0.1) is 18.8 Å². The summed E-state index contributed by atoms with van der Waals surface area (Å²) in [6, 6.07) is 5.58. The number of nitrogens with two attached hydrogens (primary N) is 1. The van der Waals surface area contributed by atoms with Gasteiger partial charge in [-0.2, -0.15) is 0 Å². The molecule has 1 aliphatic rings. The van der Waals surface area contributed by atoms with Crippen LogP contribution >= 0.6 is 0 Å². The van der Waals surface area contributed by atoms with Crippen molar-refractivity contribution >= 4 is 5.91 Å². The molecule has 1 aromatic rings. The smallest absolute Gasteiger partial charge is 0.251 e. The largest absolute Gasteiger partial charge is 0.376 e. The molecule has 0 saturated carbocycles. The van der Waals surface area contributed by atoms with Crippen molar-refractivity contribution in [3.8, 4) is 11.8 Å². The Balaban J connectivity index is 2.11. The summed E-state index contributed by atoms with van der Waals surface area (Å²) in [5.41, 5.74) is 7.78. The van der Waals surface area contributed by atoms with E-state index in [0.29, 0.717) is 12.1 Å². The van der Waals surface area contributed by atoms with Crippen LogP contribution < -0.4 is 11.1 Å². The fourth-order valence-electron chi connectivity index (χ4n) is 2.54. The zero-order valence-electron chi connectivity index (χ0n) is 12.6. The molecule has 1 aliphatic heterocycles. The molecule has 1 amide bonds. The molecular formula is C17H22N2O2. The quantitative estimate of drug-likeness (QED) is 0.830. The SMILES string of the molecule is Cc1c(C#CCN)cccc1C(=O)NC(C)C1CCCO1. The van der Waals surface area contributed by atoms with Gasteiger partial charge < -0.3 is 15.8 Å². The maximum absolute atomic E-state index is 12.4. The summed E-state index contributed by atoms with van der Waals surface area (Å²) in [5.74, 6) is 5.74. The van der Waals surface area contributed by atoms with Gasteiger partial charge in [0.25, 0.3) is 5.91 Å². The first-order valence-corrected chi connectivity index (χ1v) is 7.34. The third-order valence-electron chi connectivity index (χ3n) is 3.78. The molecule has 0 spiro atoms. The standard InChI is InChI=1S/C17H22N2O2/c1-12-14(7-4-10-18)6-3-8-15(12)17(20)19-13(2)16-9-5-11-21-16/h3,6,8,13,16H,5,9-11,18H2,1-2H3,(H,19,20). The summed E-state index contributed by atoms with van der Waals surface area (Å²) in [5, 5.41) is 3.03. The van der Waals surface area contributed by atoms with E-state index in [9.17, 15) is 4.79 Å². The normalized spacial score (nSPS) is 18.7. The first-order valence-electron chi connectivity index (χ1n) is 7.34. The summed E-state index contributed by atoms with van der Waals surface area (Å²) >= 11 is 0. The number of carbonyl (C=O) groups excluding carboxylic acids is 1. The van der Waals surface area contributed by atoms with Gasteiger partial charge in [-0.25, -0.2) is 0 Å². The number of rotatable bonds is 3. The van der Waals surface area contributed by atoms with E-state index in [1.54, 1.807) is 0 Å². The molecule has 0 aliphatic carbocycles. The second-order valence-electron chi connectivity index (χ2n) is 5.30. The molecule has 1 aromatic carbocycles. The highest BCUT2D eigenvalue weighted by Crippen LogP contribution is 2.17. The van der Waals surface area contributed by atoms with Gasteiger partial charge in [0.15, 0.2) is 0 Å². The van der Waals surface area contributed by atoms with Crippen LogP contribution in [0.5, 0.6) is 0 Å². The van der Waals surface area contributed by atoms with Crippen molar-refractivity contribution in [2.24, 2.45) is 5.73 Å². The molecule has 4 heteroatoms. The Morgan fingerprint density at radius 3 is 3.05 bits per heavy atom. The van der Waals surface area contributed by atoms with E-state index in [4.69, 9.17) is 10.5 Å². The summed E-state index contributed by atoms with van der Waals surface area (Å²) in [6.07, 6.45) is 2.19. The minimum Gasteiger partial charge on any atom is -0.376 e. The monoisotopic (exact) mass is 286 g/mol. The number of hydrogen-bond donors (Lipinski definition) is 2. The van der Waals surface area contributed by atoms with Crippen LogP contribution in [-0.4, -0.2) is 31.2 Å². The van der Waals surface area contributed by atoms with Gasteiger partial charge in [-0.1, -0.05) is 17.9 Å². The van der Waals surface area contributed by atoms with Crippen LogP contribution in [0.3, 0.4) is 0 Å². The van der Waals surface area contributed by atoms with Gasteiger partial charge in [0.05, 0.1) is 18.7 Å². The predicted molar refractivity (Wildman–Crippen MR) is 83.0 cm³/mol. The topological polar surface area (TPSA) is 64.4 Å². The molecule has 0 aromatic heterocycles. The van der Waals surface area contributed by atoms with Crippen LogP contribution in [0.4, 0.5) is 0 Å². The molecule has 3 N–H and O–H groups in total. The van der Waals surface area contributed by atoms with Crippen molar-refractivity contribution in [3.63, 3.8) is 0 Å². The second-order valence-corrected chi connectivity index (χ2v) is 5.30. The molecule has 112 valence electrons. The van der Waals surface area contributed by atoms with Crippen molar-refractivity contribution in [3.05, 3.63) is 34.9 Å². The summed E-state index contributed by atoms with van der Waals surface area (Å²) < 4.78 is 5.61. The number of nitrogens with one attached hydrogen (secondary N) is 1. The lowest BCUT2D eigenvalue weighted by Crippen LogP contribution is -2.41. The van der Waals surface area contributed by atoms with Crippen molar-refractivity contribution in [1.82, 2.24) is 5.32 Å². The zero-order valence-corrected chi connectivity index (χ0v) is 12.6. The van der Waals surface area contributed by atoms with E-state index >= 15 is 0 Å². The van der Waals surface area contributed by atoms with Crippen molar-refractivity contribution < 1.29 is 9.53 Å². The van der Waals surface area contributed by atoms with E-state index in [2.05, 4.69) is 17.2 Å². The lowest BCUT2D eigenvalue weighted by molar-refractivity contribution is 0.0712. The van der Waals surface area contributed by atoms with E-state index in [-0.39, 0.29) is 18.1 Å². The van der Waals surface area contributed by atoms with Crippen LogP contribution in [-0.2, 0) is 4.74 Å². The maximum Gasteiger partial charge on any atom is 0.251 e. The predicted octanol–water partition coefficient (Wildman–Crippen LogP) is 1.60. The van der Waals surface area contributed by atoms with Crippen molar-refractivity contribution in [1.29, 1.82) is 0 Å². The number of ether oxygens (including phenoxy) is 1. The fraction of sp³-hybridized carbons (Fsp3) is 0.471. The third-order valence-corrected chi connectivity index (χ3v) is 3.78. The summed E-state index contributed by atoms with van der Waals surface area (Å²) in [4.78, 5) is 12.4. The van der Waals surface area contributed by atoms with Crippen LogP contribution in [0.15, 0.2) is 18.2 Å². The van der Waals surface area contributed by atoms with Gasteiger partial charge in [0.1, 0.15) is 0 Å². The van der Waals surface area contributed by atoms with Crippen molar-refractivity contribution in [2.45, 2.75) is 38.8 Å². The molecule has 0 bridgehead atoms. The summed E-state index contributed by atoms with van der Waals surface area (Å²) in [7, 11) is 0.